The molecule has 0 fully saturated rings. The van der Waals surface area contributed by atoms with Crippen molar-refractivity contribution in [3.05, 3.63) is 82.9 Å². The van der Waals surface area contributed by atoms with Crippen LogP contribution in [0.2, 0.25) is 5.15 Å². The molecule has 1 N–H and O–H groups in total. The zero-order valence-electron chi connectivity index (χ0n) is 14.4. The van der Waals surface area contributed by atoms with Crippen molar-refractivity contribution in [1.29, 1.82) is 0 Å². The van der Waals surface area contributed by atoms with Crippen molar-refractivity contribution in [3.8, 4) is 5.69 Å². The van der Waals surface area contributed by atoms with Crippen molar-refractivity contribution in [2.45, 2.75) is 6.92 Å². The minimum absolute atomic E-state index is 0.298. The van der Waals surface area contributed by atoms with Gasteiger partial charge in [0, 0.05) is 10.9 Å². The van der Waals surface area contributed by atoms with E-state index in [0.29, 0.717) is 22.1 Å². The monoisotopic (exact) mass is 379 g/mol. The van der Waals surface area contributed by atoms with Crippen molar-refractivity contribution >= 4 is 34.5 Å². The molecule has 2 heterocycles. The van der Waals surface area contributed by atoms with E-state index in [4.69, 9.17) is 11.6 Å². The first-order chi connectivity index (χ1) is 13.1. The molecule has 0 saturated heterocycles. The Bertz CT molecular complexity index is 1120. The Kier molecular flexibility index (Phi) is 4.56. The van der Waals surface area contributed by atoms with Crippen LogP contribution < -0.4 is 5.43 Å². The maximum absolute atomic E-state index is 12.9. The van der Waals surface area contributed by atoms with Crippen LogP contribution in [0, 0.1) is 12.7 Å². The lowest BCUT2D eigenvalue weighted by Crippen LogP contribution is -1.98. The first-order valence-corrected chi connectivity index (χ1v) is 8.65. The largest absolute Gasteiger partial charge is 0.278 e. The van der Waals surface area contributed by atoms with E-state index < -0.39 is 0 Å². The van der Waals surface area contributed by atoms with Gasteiger partial charge in [0.25, 0.3) is 0 Å². The molecule has 0 aliphatic rings. The molecule has 27 heavy (non-hydrogen) atoms. The second-order valence-corrected chi connectivity index (χ2v) is 6.31. The Labute approximate surface area is 160 Å². The summed E-state index contributed by atoms with van der Waals surface area (Å²) >= 11 is 6.35. The second-order valence-electron chi connectivity index (χ2n) is 5.95. The number of benzene rings is 2. The Hall–Kier alpha value is -3.25. The minimum Gasteiger partial charge on any atom is -0.278 e. The molecule has 0 unspecified atom stereocenters. The zero-order valence-corrected chi connectivity index (χ0v) is 15.2. The predicted molar refractivity (Wildman–Crippen MR) is 106 cm³/mol. The van der Waals surface area contributed by atoms with Crippen LogP contribution in [-0.2, 0) is 0 Å². The molecule has 7 heteroatoms. The third-order valence-corrected chi connectivity index (χ3v) is 4.37. The number of halogens is 2. The van der Waals surface area contributed by atoms with Gasteiger partial charge in [-0.15, -0.1) is 0 Å². The molecule has 0 saturated carbocycles. The summed E-state index contributed by atoms with van der Waals surface area (Å²) in [4.78, 5) is 4.51. The molecule has 134 valence electrons. The van der Waals surface area contributed by atoms with Crippen LogP contribution in [0.3, 0.4) is 0 Å². The quantitative estimate of drug-likeness (QED) is 0.309. The first-order valence-electron chi connectivity index (χ1n) is 8.28. The number of rotatable bonds is 4. The van der Waals surface area contributed by atoms with E-state index in [2.05, 4.69) is 20.6 Å². The number of anilines is 1. The molecular formula is C20H15ClFN5. The Balaban J connectivity index is 1.67. The molecular weight excluding hydrogens is 365 g/mol. The molecule has 0 radical (unpaired) electrons. The molecule has 0 amide bonds. The number of para-hydroxylation sites is 1. The van der Waals surface area contributed by atoms with E-state index in [-0.39, 0.29) is 5.82 Å². The third-order valence-electron chi connectivity index (χ3n) is 4.07. The topological polar surface area (TPSA) is 55.1 Å². The van der Waals surface area contributed by atoms with Gasteiger partial charge in [0.05, 0.1) is 23.3 Å². The van der Waals surface area contributed by atoms with Crippen molar-refractivity contribution in [2.24, 2.45) is 5.10 Å². The molecule has 2 aromatic heterocycles. The average molecular weight is 380 g/mol. The molecule has 5 nitrogen and oxygen atoms in total. The fourth-order valence-electron chi connectivity index (χ4n) is 2.72. The van der Waals surface area contributed by atoms with Crippen LogP contribution in [0.4, 0.5) is 10.1 Å². The molecule has 4 aromatic rings. The summed E-state index contributed by atoms with van der Waals surface area (Å²) in [6.45, 7) is 1.93. The lowest BCUT2D eigenvalue weighted by molar-refractivity contribution is 0.628. The van der Waals surface area contributed by atoms with Gasteiger partial charge in [-0.3, -0.25) is 5.43 Å². The van der Waals surface area contributed by atoms with Gasteiger partial charge in [0.15, 0.2) is 5.65 Å². The second kappa shape index (κ2) is 7.17. The Morgan fingerprint density at radius 2 is 1.85 bits per heavy atom. The molecule has 2 aromatic carbocycles. The number of fused-ring (bicyclic) bond motifs is 1. The summed E-state index contributed by atoms with van der Waals surface area (Å²) in [5.41, 5.74) is 6.62. The lowest BCUT2D eigenvalue weighted by Gasteiger charge is -2.04. The predicted octanol–water partition coefficient (Wildman–Crippen LogP) is 4.97. The number of hydrogen-bond acceptors (Lipinski definition) is 4. The standard InChI is InChI=1S/C20H15ClFN5/c1-13-18-11-14(12-23-25-16-9-7-15(22)8-10-16)19(21)24-20(18)27(26-13)17-5-3-2-4-6-17/h2-12,25H,1H3/b23-12+. The van der Waals surface area contributed by atoms with E-state index in [0.717, 1.165) is 16.8 Å². The number of aromatic nitrogens is 3. The number of nitrogens with one attached hydrogen (secondary N) is 1. The normalized spacial score (nSPS) is 11.4. The molecule has 0 aliphatic carbocycles. The van der Waals surface area contributed by atoms with Gasteiger partial charge in [-0.25, -0.2) is 14.1 Å². The van der Waals surface area contributed by atoms with Crippen molar-refractivity contribution in [2.75, 3.05) is 5.43 Å². The van der Waals surface area contributed by atoms with Crippen LogP contribution in [0.1, 0.15) is 11.3 Å². The highest BCUT2D eigenvalue weighted by Crippen LogP contribution is 2.24. The smallest absolute Gasteiger partial charge is 0.164 e. The maximum atomic E-state index is 12.9. The van der Waals surface area contributed by atoms with Gasteiger partial charge in [0.2, 0.25) is 0 Å². The van der Waals surface area contributed by atoms with Gasteiger partial charge in [-0.1, -0.05) is 29.8 Å². The van der Waals surface area contributed by atoms with Gasteiger partial charge in [-0.2, -0.15) is 10.2 Å². The minimum atomic E-state index is -0.298. The zero-order chi connectivity index (χ0) is 18.8. The summed E-state index contributed by atoms with van der Waals surface area (Å²) in [6, 6.07) is 17.6. The van der Waals surface area contributed by atoms with E-state index in [9.17, 15) is 4.39 Å². The lowest BCUT2D eigenvalue weighted by atomic mass is 10.2. The molecule has 0 aliphatic heterocycles. The molecule has 0 spiro atoms. The van der Waals surface area contributed by atoms with Crippen LogP contribution in [0.5, 0.6) is 0 Å². The van der Waals surface area contributed by atoms with E-state index in [1.54, 1.807) is 23.0 Å². The highest BCUT2D eigenvalue weighted by atomic mass is 35.5. The number of pyridine rings is 1. The van der Waals surface area contributed by atoms with E-state index in [1.165, 1.54) is 12.1 Å². The number of nitrogens with zero attached hydrogens (tertiary/aromatic N) is 4. The molecule has 4 rings (SSSR count). The van der Waals surface area contributed by atoms with Gasteiger partial charge in [0.1, 0.15) is 11.0 Å². The summed E-state index contributed by atoms with van der Waals surface area (Å²) in [5.74, 6) is -0.298. The SMILES string of the molecule is Cc1nn(-c2ccccc2)c2nc(Cl)c(/C=N/Nc3ccc(F)cc3)cc12. The fraction of sp³-hybridized carbons (Fsp3) is 0.0500. The fourth-order valence-corrected chi connectivity index (χ4v) is 2.90. The van der Waals surface area contributed by atoms with Crippen LogP contribution in [0.25, 0.3) is 16.7 Å². The van der Waals surface area contributed by atoms with E-state index >= 15 is 0 Å². The van der Waals surface area contributed by atoms with Crippen molar-refractivity contribution in [1.82, 2.24) is 14.8 Å². The van der Waals surface area contributed by atoms with Gasteiger partial charge >= 0.3 is 0 Å². The highest BCUT2D eigenvalue weighted by Gasteiger charge is 2.13. The third kappa shape index (κ3) is 3.52. The summed E-state index contributed by atoms with van der Waals surface area (Å²) in [7, 11) is 0. The highest BCUT2D eigenvalue weighted by molar-refractivity contribution is 6.32. The Morgan fingerprint density at radius 3 is 2.59 bits per heavy atom. The Morgan fingerprint density at radius 1 is 1.11 bits per heavy atom. The number of hydrogen-bond donors (Lipinski definition) is 1. The van der Waals surface area contributed by atoms with Crippen molar-refractivity contribution < 1.29 is 4.39 Å². The molecule has 0 bridgehead atoms. The number of hydrazone groups is 1. The van der Waals surface area contributed by atoms with Gasteiger partial charge < -0.3 is 0 Å². The first kappa shape index (κ1) is 17.2. The summed E-state index contributed by atoms with van der Waals surface area (Å²) in [6.07, 6.45) is 1.58. The van der Waals surface area contributed by atoms with Crippen molar-refractivity contribution in [3.63, 3.8) is 0 Å². The van der Waals surface area contributed by atoms with Crippen LogP contribution in [0.15, 0.2) is 65.8 Å². The molecule has 0 atom stereocenters. The van der Waals surface area contributed by atoms with Crippen LogP contribution in [-0.4, -0.2) is 21.0 Å². The summed E-state index contributed by atoms with van der Waals surface area (Å²) < 4.78 is 14.7. The average Bonchev–Trinajstić information content (AvgIpc) is 3.00. The van der Waals surface area contributed by atoms with Gasteiger partial charge in [-0.05, 0) is 49.4 Å². The maximum Gasteiger partial charge on any atom is 0.164 e. The number of aryl methyl sites for hydroxylation is 1. The summed E-state index contributed by atoms with van der Waals surface area (Å²) in [5, 5.41) is 9.95. The van der Waals surface area contributed by atoms with Crippen LogP contribution >= 0.6 is 11.6 Å². The van der Waals surface area contributed by atoms with E-state index in [1.807, 2.05) is 43.3 Å².